The molecule has 2 fully saturated rings. The molecule has 0 N–H and O–H groups in total. The highest BCUT2D eigenvalue weighted by atomic mass is 32.2. The molecule has 1 saturated carbocycles. The predicted octanol–water partition coefficient (Wildman–Crippen LogP) is 3.03. The molecule has 1 saturated heterocycles. The molecule has 0 radical (unpaired) electrons. The Bertz CT molecular complexity index is 1200. The summed E-state index contributed by atoms with van der Waals surface area (Å²) in [6.45, 7) is 0. The molecule has 1 aliphatic heterocycles. The van der Waals surface area contributed by atoms with E-state index >= 15 is 0 Å². The molecule has 7 nitrogen and oxygen atoms in total. The fourth-order valence-electron chi connectivity index (χ4n) is 3.96. The van der Waals surface area contributed by atoms with Crippen molar-refractivity contribution in [3.05, 3.63) is 48.0 Å². The summed E-state index contributed by atoms with van der Waals surface area (Å²) in [5.74, 6) is 0.238. The molecule has 2 aromatic carbocycles. The lowest BCUT2D eigenvalue weighted by atomic mass is 9.75. The van der Waals surface area contributed by atoms with Crippen LogP contribution in [0.25, 0.3) is 0 Å². The molecular formula is C21H19N3O4S2. The molecule has 1 amide bonds. The number of anilines is 2. The number of sulfone groups is 1. The maximum absolute atomic E-state index is 13.5. The molecule has 1 spiro atoms. The Labute approximate surface area is 180 Å². The molecule has 0 aromatic heterocycles. The quantitative estimate of drug-likeness (QED) is 0.674. The second-order valence-corrected chi connectivity index (χ2v) is 9.79. The molecule has 2 aromatic rings. The van der Waals surface area contributed by atoms with E-state index in [9.17, 15) is 18.5 Å². The van der Waals surface area contributed by atoms with Gasteiger partial charge in [0.05, 0.1) is 23.3 Å². The largest absolute Gasteiger partial charge is 0.495 e. The van der Waals surface area contributed by atoms with Crippen LogP contribution in [-0.2, 0) is 14.6 Å². The van der Waals surface area contributed by atoms with Gasteiger partial charge in [-0.15, -0.1) is 0 Å². The minimum absolute atomic E-state index is 0.127. The SMILES string of the molecule is COc1cc(N2C(=O)C3(CCC3)N(c3ccc(S(C)(=O)=O)cc3)C2=S)ccc1C#N. The number of carbonyl (C=O) groups is 1. The van der Waals surface area contributed by atoms with E-state index in [1.54, 1.807) is 30.3 Å². The van der Waals surface area contributed by atoms with E-state index in [0.717, 1.165) is 12.7 Å². The first-order valence-electron chi connectivity index (χ1n) is 9.30. The summed E-state index contributed by atoms with van der Waals surface area (Å²) in [6.07, 6.45) is 3.36. The van der Waals surface area contributed by atoms with Crippen molar-refractivity contribution in [3.63, 3.8) is 0 Å². The number of methoxy groups -OCH3 is 1. The van der Waals surface area contributed by atoms with Gasteiger partial charge >= 0.3 is 0 Å². The van der Waals surface area contributed by atoms with Crippen LogP contribution in [0.2, 0.25) is 0 Å². The first-order chi connectivity index (χ1) is 14.2. The fourth-order valence-corrected chi connectivity index (χ4v) is 5.06. The second kappa shape index (κ2) is 7.07. The van der Waals surface area contributed by atoms with Crippen LogP contribution in [0, 0.1) is 11.3 Å². The molecule has 0 atom stereocenters. The highest BCUT2D eigenvalue weighted by Crippen LogP contribution is 2.48. The van der Waals surface area contributed by atoms with E-state index in [4.69, 9.17) is 17.0 Å². The number of benzene rings is 2. The lowest BCUT2D eigenvalue weighted by Gasteiger charge is -2.43. The Kier molecular flexibility index (Phi) is 4.79. The van der Waals surface area contributed by atoms with Crippen LogP contribution in [-0.4, -0.2) is 38.3 Å². The third-order valence-electron chi connectivity index (χ3n) is 5.68. The summed E-state index contributed by atoms with van der Waals surface area (Å²) >= 11 is 5.71. The Morgan fingerprint density at radius 3 is 2.27 bits per heavy atom. The zero-order valence-electron chi connectivity index (χ0n) is 16.5. The van der Waals surface area contributed by atoms with E-state index in [0.29, 0.717) is 40.6 Å². The predicted molar refractivity (Wildman–Crippen MR) is 116 cm³/mol. The summed E-state index contributed by atoms with van der Waals surface area (Å²) in [4.78, 5) is 17.0. The topological polar surface area (TPSA) is 90.7 Å². The van der Waals surface area contributed by atoms with Crippen LogP contribution in [0.1, 0.15) is 24.8 Å². The summed E-state index contributed by atoms with van der Waals surface area (Å²) in [6, 6.07) is 13.4. The number of hydrogen-bond donors (Lipinski definition) is 0. The molecule has 1 heterocycles. The number of carbonyl (C=O) groups excluding carboxylic acids is 1. The van der Waals surface area contributed by atoms with Gasteiger partial charge in [0.1, 0.15) is 17.4 Å². The average Bonchev–Trinajstić information content (AvgIpc) is 2.93. The first-order valence-corrected chi connectivity index (χ1v) is 11.6. The highest BCUT2D eigenvalue weighted by Gasteiger charge is 2.59. The van der Waals surface area contributed by atoms with Crippen molar-refractivity contribution in [2.24, 2.45) is 0 Å². The Hall–Kier alpha value is -2.96. The van der Waals surface area contributed by atoms with Gasteiger partial charge in [0.25, 0.3) is 5.91 Å². The normalized spacial score (nSPS) is 17.8. The number of amides is 1. The highest BCUT2D eigenvalue weighted by molar-refractivity contribution is 7.90. The maximum Gasteiger partial charge on any atom is 0.259 e. The Balaban J connectivity index is 1.78. The van der Waals surface area contributed by atoms with Gasteiger partial charge in [0, 0.05) is 18.0 Å². The zero-order valence-corrected chi connectivity index (χ0v) is 18.1. The Morgan fingerprint density at radius 2 is 1.77 bits per heavy atom. The summed E-state index contributed by atoms with van der Waals surface area (Å²) in [7, 11) is -1.86. The van der Waals surface area contributed by atoms with E-state index in [2.05, 4.69) is 6.07 Å². The van der Waals surface area contributed by atoms with E-state index < -0.39 is 15.4 Å². The lowest BCUT2D eigenvalue weighted by molar-refractivity contribution is -0.123. The van der Waals surface area contributed by atoms with Crippen molar-refractivity contribution in [3.8, 4) is 11.8 Å². The molecule has 2 aliphatic rings. The zero-order chi connectivity index (χ0) is 21.7. The number of thiocarbonyl (C=S) groups is 1. The maximum atomic E-state index is 13.5. The molecular weight excluding hydrogens is 422 g/mol. The number of nitrogens with zero attached hydrogens (tertiary/aromatic N) is 3. The van der Waals surface area contributed by atoms with Crippen molar-refractivity contribution >= 4 is 44.4 Å². The molecule has 1 aliphatic carbocycles. The molecule has 0 bridgehead atoms. The first kappa shape index (κ1) is 20.3. The van der Waals surface area contributed by atoms with Gasteiger partial charge in [0.2, 0.25) is 0 Å². The number of rotatable bonds is 4. The number of ether oxygens (including phenoxy) is 1. The minimum atomic E-state index is -3.32. The van der Waals surface area contributed by atoms with Crippen molar-refractivity contribution in [1.82, 2.24) is 0 Å². The number of hydrogen-bond acceptors (Lipinski definition) is 6. The van der Waals surface area contributed by atoms with E-state index in [-0.39, 0.29) is 10.8 Å². The second-order valence-electron chi connectivity index (χ2n) is 7.41. The van der Waals surface area contributed by atoms with Crippen molar-refractivity contribution in [2.75, 3.05) is 23.2 Å². The van der Waals surface area contributed by atoms with Crippen LogP contribution in [0.4, 0.5) is 11.4 Å². The van der Waals surface area contributed by atoms with Crippen LogP contribution in [0.3, 0.4) is 0 Å². The van der Waals surface area contributed by atoms with E-state index in [1.165, 1.54) is 24.1 Å². The molecule has 4 rings (SSSR count). The fraction of sp³-hybridized carbons (Fsp3) is 0.286. The summed E-state index contributed by atoms with van der Waals surface area (Å²) in [5.41, 5.74) is 0.793. The molecule has 0 unspecified atom stereocenters. The minimum Gasteiger partial charge on any atom is -0.495 e. The molecule has 9 heteroatoms. The van der Waals surface area contributed by atoms with Gasteiger partial charge in [-0.05, 0) is 67.9 Å². The average molecular weight is 442 g/mol. The Morgan fingerprint density at radius 1 is 1.13 bits per heavy atom. The lowest BCUT2D eigenvalue weighted by Crippen LogP contribution is -2.55. The summed E-state index contributed by atoms with van der Waals surface area (Å²) < 4.78 is 28.9. The van der Waals surface area contributed by atoms with Crippen molar-refractivity contribution < 1.29 is 17.9 Å². The summed E-state index contributed by atoms with van der Waals surface area (Å²) in [5, 5.41) is 9.54. The third kappa shape index (κ3) is 2.95. The smallest absolute Gasteiger partial charge is 0.259 e. The van der Waals surface area contributed by atoms with Gasteiger partial charge in [-0.3, -0.25) is 9.69 Å². The van der Waals surface area contributed by atoms with Gasteiger partial charge in [-0.2, -0.15) is 5.26 Å². The van der Waals surface area contributed by atoms with Gasteiger partial charge in [0.15, 0.2) is 14.9 Å². The van der Waals surface area contributed by atoms with Gasteiger partial charge in [-0.25, -0.2) is 8.42 Å². The van der Waals surface area contributed by atoms with Gasteiger partial charge < -0.3 is 9.64 Å². The molecule has 30 heavy (non-hydrogen) atoms. The molecule has 154 valence electrons. The van der Waals surface area contributed by atoms with Crippen LogP contribution in [0.5, 0.6) is 5.75 Å². The van der Waals surface area contributed by atoms with E-state index in [1.807, 2.05) is 4.90 Å². The van der Waals surface area contributed by atoms with Gasteiger partial charge in [-0.1, -0.05) is 0 Å². The van der Waals surface area contributed by atoms with Crippen LogP contribution in [0.15, 0.2) is 47.4 Å². The number of nitriles is 1. The van der Waals surface area contributed by atoms with Crippen LogP contribution < -0.4 is 14.5 Å². The van der Waals surface area contributed by atoms with Crippen LogP contribution >= 0.6 is 12.2 Å². The standard InChI is InChI=1S/C21H19N3O4S2/c1-28-18-12-16(5-4-14(18)13-22)23-19(25)21(10-3-11-21)24(20(23)29)15-6-8-17(9-7-15)30(2,26)27/h4-9,12H,3,10-11H2,1-2H3. The van der Waals surface area contributed by atoms with Crippen molar-refractivity contribution in [2.45, 2.75) is 29.7 Å². The third-order valence-corrected chi connectivity index (χ3v) is 7.17. The van der Waals surface area contributed by atoms with Crippen molar-refractivity contribution in [1.29, 1.82) is 5.26 Å². The monoisotopic (exact) mass is 441 g/mol.